The van der Waals surface area contributed by atoms with Crippen molar-refractivity contribution in [1.29, 1.82) is 0 Å². The van der Waals surface area contributed by atoms with Crippen LogP contribution in [0.5, 0.6) is 5.75 Å². The van der Waals surface area contributed by atoms with Crippen molar-refractivity contribution < 1.29 is 9.53 Å². The number of aliphatic imine (C=N–C) groups is 1. The number of benzene rings is 1. The molecule has 8 heteroatoms. The van der Waals surface area contributed by atoms with Crippen LogP contribution in [0.4, 0.5) is 5.69 Å². The highest BCUT2D eigenvalue weighted by Crippen LogP contribution is 2.31. The first kappa shape index (κ1) is 22.6. The maximum absolute atomic E-state index is 12.2. The van der Waals surface area contributed by atoms with Gasteiger partial charge in [0.05, 0.1) is 25.0 Å². The van der Waals surface area contributed by atoms with Gasteiger partial charge in [-0.1, -0.05) is 18.2 Å². The summed E-state index contributed by atoms with van der Waals surface area (Å²) in [6, 6.07) is 11.9. The molecular formula is C23H32N6O2. The van der Waals surface area contributed by atoms with Crippen LogP contribution < -0.4 is 20.7 Å². The van der Waals surface area contributed by atoms with Crippen molar-refractivity contribution in [3.63, 3.8) is 0 Å². The van der Waals surface area contributed by atoms with Crippen molar-refractivity contribution in [1.82, 2.24) is 20.5 Å². The second-order valence-corrected chi connectivity index (χ2v) is 7.37. The highest BCUT2D eigenvalue weighted by molar-refractivity contribution is 5.93. The molecule has 2 heterocycles. The lowest BCUT2D eigenvalue weighted by atomic mass is 10.0. The minimum absolute atomic E-state index is 0.0211. The van der Waals surface area contributed by atoms with Gasteiger partial charge < -0.3 is 20.7 Å². The molecule has 1 amide bonds. The van der Waals surface area contributed by atoms with Crippen LogP contribution in [0.2, 0.25) is 0 Å². The Hall–Kier alpha value is -3.13. The third-order valence-corrected chi connectivity index (χ3v) is 5.21. The molecule has 166 valence electrons. The van der Waals surface area contributed by atoms with E-state index in [1.165, 1.54) is 12.8 Å². The molecule has 1 unspecified atom stereocenters. The molecule has 0 saturated carbocycles. The second kappa shape index (κ2) is 11.9. The summed E-state index contributed by atoms with van der Waals surface area (Å²) < 4.78 is 5.62. The molecule has 1 aliphatic rings. The van der Waals surface area contributed by atoms with Crippen molar-refractivity contribution in [3.05, 3.63) is 54.4 Å². The van der Waals surface area contributed by atoms with Crippen LogP contribution in [0.25, 0.3) is 0 Å². The van der Waals surface area contributed by atoms with E-state index in [0.29, 0.717) is 24.7 Å². The first-order valence-corrected chi connectivity index (χ1v) is 10.8. The predicted molar refractivity (Wildman–Crippen MR) is 123 cm³/mol. The normalized spacial score (nSPS) is 15.4. The number of guanidine groups is 1. The molecular weight excluding hydrogens is 392 g/mol. The smallest absolute Gasteiger partial charge is 0.246 e. The second-order valence-electron chi connectivity index (χ2n) is 7.37. The van der Waals surface area contributed by atoms with E-state index < -0.39 is 0 Å². The van der Waals surface area contributed by atoms with E-state index >= 15 is 0 Å². The van der Waals surface area contributed by atoms with E-state index in [4.69, 9.17) is 4.74 Å². The van der Waals surface area contributed by atoms with Crippen LogP contribution in [-0.4, -0.2) is 61.6 Å². The Morgan fingerprint density at radius 2 is 2.00 bits per heavy atom. The Bertz CT molecular complexity index is 852. The summed E-state index contributed by atoms with van der Waals surface area (Å²) >= 11 is 0. The Labute approximate surface area is 184 Å². The number of para-hydroxylation sites is 1. The molecule has 1 aromatic heterocycles. The van der Waals surface area contributed by atoms with Gasteiger partial charge in [-0.25, -0.2) is 4.99 Å². The fourth-order valence-electron chi connectivity index (χ4n) is 3.75. The molecule has 0 aliphatic carbocycles. The summed E-state index contributed by atoms with van der Waals surface area (Å²) in [5, 5.41) is 9.44. The van der Waals surface area contributed by atoms with Gasteiger partial charge in [-0.05, 0) is 51.1 Å². The molecule has 0 bridgehead atoms. The van der Waals surface area contributed by atoms with Gasteiger partial charge in [0.1, 0.15) is 12.3 Å². The quantitative estimate of drug-likeness (QED) is 0.423. The Kier molecular flexibility index (Phi) is 8.66. The largest absolute Gasteiger partial charge is 0.496 e. The third kappa shape index (κ3) is 6.68. The van der Waals surface area contributed by atoms with E-state index in [-0.39, 0.29) is 18.5 Å². The standard InChI is InChI=1S/C23H32N6O2/c1-3-25-23(27-17-22(30)28-18-9-8-12-24-15-18)26-16-20(29-13-6-7-14-29)19-10-4-5-11-21(19)31-2/h4-5,8-12,15,20H,3,6-7,13-14,16-17H2,1-2H3,(H,28,30)(H2,25,26,27). The lowest BCUT2D eigenvalue weighted by Gasteiger charge is -2.30. The maximum atomic E-state index is 12.2. The van der Waals surface area contributed by atoms with E-state index in [2.05, 4.69) is 36.9 Å². The fraction of sp³-hybridized carbons (Fsp3) is 0.435. The van der Waals surface area contributed by atoms with E-state index in [0.717, 1.165) is 24.4 Å². The Morgan fingerprint density at radius 3 is 2.71 bits per heavy atom. The van der Waals surface area contributed by atoms with Gasteiger partial charge in [-0.3, -0.25) is 14.7 Å². The van der Waals surface area contributed by atoms with Gasteiger partial charge in [0.15, 0.2) is 5.96 Å². The molecule has 3 rings (SSSR count). The van der Waals surface area contributed by atoms with Crippen LogP contribution in [0.3, 0.4) is 0 Å². The molecule has 1 aromatic carbocycles. The lowest BCUT2D eigenvalue weighted by Crippen LogP contribution is -2.43. The number of pyridine rings is 1. The molecule has 1 aliphatic heterocycles. The number of nitrogens with zero attached hydrogens (tertiary/aromatic N) is 3. The van der Waals surface area contributed by atoms with Gasteiger partial charge in [0.2, 0.25) is 5.91 Å². The average Bonchev–Trinajstić information content (AvgIpc) is 3.33. The van der Waals surface area contributed by atoms with Crippen LogP contribution in [0.15, 0.2) is 53.8 Å². The third-order valence-electron chi connectivity index (χ3n) is 5.21. The maximum Gasteiger partial charge on any atom is 0.246 e. The number of aromatic nitrogens is 1. The van der Waals surface area contributed by atoms with Crippen LogP contribution in [-0.2, 0) is 4.79 Å². The average molecular weight is 425 g/mol. The number of amides is 1. The first-order valence-electron chi connectivity index (χ1n) is 10.8. The number of hydrogen-bond donors (Lipinski definition) is 3. The summed E-state index contributed by atoms with van der Waals surface area (Å²) in [4.78, 5) is 23.2. The zero-order valence-electron chi connectivity index (χ0n) is 18.3. The van der Waals surface area contributed by atoms with Gasteiger partial charge in [0, 0.05) is 24.8 Å². The number of hydrogen-bond acceptors (Lipinski definition) is 5. The molecule has 3 N–H and O–H groups in total. The highest BCUT2D eigenvalue weighted by atomic mass is 16.5. The highest BCUT2D eigenvalue weighted by Gasteiger charge is 2.26. The van der Waals surface area contributed by atoms with Crippen LogP contribution >= 0.6 is 0 Å². The lowest BCUT2D eigenvalue weighted by molar-refractivity contribution is -0.114. The van der Waals surface area contributed by atoms with Crippen molar-refractivity contribution >= 4 is 17.6 Å². The van der Waals surface area contributed by atoms with Gasteiger partial charge in [0.25, 0.3) is 0 Å². The summed E-state index contributed by atoms with van der Waals surface area (Å²) in [5.41, 5.74) is 1.82. The van der Waals surface area contributed by atoms with Crippen molar-refractivity contribution in [2.24, 2.45) is 4.99 Å². The number of anilines is 1. The molecule has 8 nitrogen and oxygen atoms in total. The summed E-state index contributed by atoms with van der Waals surface area (Å²) in [6.07, 6.45) is 5.68. The number of rotatable bonds is 9. The summed E-state index contributed by atoms with van der Waals surface area (Å²) in [6.45, 7) is 5.52. The fourth-order valence-corrected chi connectivity index (χ4v) is 3.75. The topological polar surface area (TPSA) is 90.9 Å². The van der Waals surface area contributed by atoms with Crippen LogP contribution in [0.1, 0.15) is 31.4 Å². The molecule has 0 spiro atoms. The van der Waals surface area contributed by atoms with E-state index in [1.54, 1.807) is 31.6 Å². The molecule has 1 atom stereocenters. The summed E-state index contributed by atoms with van der Waals surface area (Å²) in [5.74, 6) is 1.31. The molecule has 0 radical (unpaired) electrons. The van der Waals surface area contributed by atoms with Gasteiger partial charge in [-0.2, -0.15) is 0 Å². The van der Waals surface area contributed by atoms with E-state index in [9.17, 15) is 4.79 Å². The Balaban J connectivity index is 1.66. The Morgan fingerprint density at radius 1 is 1.19 bits per heavy atom. The van der Waals surface area contributed by atoms with Gasteiger partial charge >= 0.3 is 0 Å². The summed E-state index contributed by atoms with van der Waals surface area (Å²) in [7, 11) is 1.71. The van der Waals surface area contributed by atoms with Crippen molar-refractivity contribution in [2.75, 3.05) is 45.2 Å². The number of carbonyl (C=O) groups is 1. The number of methoxy groups -OCH3 is 1. The first-order chi connectivity index (χ1) is 15.2. The number of nitrogens with one attached hydrogen (secondary N) is 3. The minimum Gasteiger partial charge on any atom is -0.496 e. The molecule has 1 fully saturated rings. The van der Waals surface area contributed by atoms with Crippen molar-refractivity contribution in [3.8, 4) is 5.75 Å². The predicted octanol–water partition coefficient (Wildman–Crippen LogP) is 2.42. The minimum atomic E-state index is -0.189. The zero-order valence-corrected chi connectivity index (χ0v) is 18.3. The number of likely N-dealkylation sites (tertiary alicyclic amines) is 1. The monoisotopic (exact) mass is 424 g/mol. The molecule has 1 saturated heterocycles. The van der Waals surface area contributed by atoms with Crippen LogP contribution in [0, 0.1) is 0 Å². The number of carbonyl (C=O) groups excluding carboxylic acids is 1. The zero-order chi connectivity index (χ0) is 21.9. The van der Waals surface area contributed by atoms with Gasteiger partial charge in [-0.15, -0.1) is 0 Å². The SMILES string of the molecule is CCNC(=NCC(=O)Nc1cccnc1)NCC(c1ccccc1OC)N1CCCC1. The molecule has 2 aromatic rings. The number of ether oxygens (including phenoxy) is 1. The molecule has 31 heavy (non-hydrogen) atoms. The van der Waals surface area contributed by atoms with E-state index in [1.807, 2.05) is 25.1 Å². The van der Waals surface area contributed by atoms with Crippen molar-refractivity contribution in [2.45, 2.75) is 25.8 Å².